The summed E-state index contributed by atoms with van der Waals surface area (Å²) in [6.07, 6.45) is 9.05. The normalized spacial score (nSPS) is 13.7. The molecular weight excluding hydrogens is 787 g/mol. The van der Waals surface area contributed by atoms with E-state index in [1.165, 1.54) is 66.8 Å². The maximum Gasteiger partial charge on any atom is 0.143 e. The molecule has 0 saturated heterocycles. The fraction of sp³-hybridized carbons (Fsp3) is 0.0794. The van der Waals surface area contributed by atoms with Gasteiger partial charge in [-0.3, -0.25) is 0 Å². The third kappa shape index (κ3) is 6.73. The molecule has 0 saturated carbocycles. The molecule has 0 N–H and O–H groups in total. The summed E-state index contributed by atoms with van der Waals surface area (Å²) in [7, 11) is 0. The van der Waals surface area contributed by atoms with Gasteiger partial charge in [0.1, 0.15) is 11.2 Å². The van der Waals surface area contributed by atoms with Gasteiger partial charge < -0.3 is 9.32 Å². The molecule has 0 spiro atoms. The van der Waals surface area contributed by atoms with Crippen LogP contribution in [-0.2, 0) is 5.41 Å². The predicted molar refractivity (Wildman–Crippen MR) is 274 cm³/mol. The van der Waals surface area contributed by atoms with Crippen LogP contribution in [0.25, 0.3) is 83.1 Å². The number of anilines is 3. The summed E-state index contributed by atoms with van der Waals surface area (Å²) in [5.41, 5.74) is 22.4. The minimum absolute atomic E-state index is 0.173. The minimum atomic E-state index is -0.173. The Balaban J connectivity index is 0.966. The highest BCUT2D eigenvalue weighted by Crippen LogP contribution is 2.54. The number of hydrogen-bond donors (Lipinski definition) is 0. The average molecular weight is 834 g/mol. The molecule has 0 amide bonds. The smallest absolute Gasteiger partial charge is 0.143 e. The van der Waals surface area contributed by atoms with Crippen molar-refractivity contribution in [2.24, 2.45) is 0 Å². The number of rotatable bonds is 8. The van der Waals surface area contributed by atoms with Crippen molar-refractivity contribution in [2.45, 2.75) is 32.1 Å². The molecule has 1 aromatic heterocycles. The number of hydrogen-bond acceptors (Lipinski definition) is 2. The summed E-state index contributed by atoms with van der Waals surface area (Å²) in [4.78, 5) is 2.38. The van der Waals surface area contributed by atoms with Crippen LogP contribution in [-0.4, -0.2) is 0 Å². The molecule has 65 heavy (non-hydrogen) atoms. The zero-order valence-electron chi connectivity index (χ0n) is 36.6. The number of fused-ring (bicyclic) bond motifs is 6. The number of benzene rings is 9. The molecule has 10 aromatic rings. The van der Waals surface area contributed by atoms with E-state index < -0.39 is 0 Å². The van der Waals surface area contributed by atoms with Crippen LogP contribution in [0.3, 0.4) is 0 Å². The monoisotopic (exact) mass is 833 g/mol. The van der Waals surface area contributed by atoms with E-state index in [0.29, 0.717) is 0 Å². The van der Waals surface area contributed by atoms with Crippen molar-refractivity contribution in [2.75, 3.05) is 4.90 Å². The van der Waals surface area contributed by atoms with Gasteiger partial charge in [0.05, 0.1) is 0 Å². The standard InChI is InChI=1S/C63H47NO/c1-63(2)58-37-32-48(39-57(58)61-56(45-20-10-5-11-21-45)40-49(41-59(61)63)43-18-8-4-9-19-43)47-22-14-23-52(38-47)64(50-33-28-44(29-34-50)42-16-6-3-7-17-42)51-35-30-46(31-36-51)53-25-15-26-55-54-24-12-13-27-60(54)65-62(53)55/h4-6,8-41H,3,7H2,1-2H3. The second-order valence-electron chi connectivity index (χ2n) is 18.0. The summed E-state index contributed by atoms with van der Waals surface area (Å²) < 4.78 is 6.46. The van der Waals surface area contributed by atoms with E-state index in [0.717, 1.165) is 63.0 Å². The molecule has 310 valence electrons. The first-order chi connectivity index (χ1) is 32.0. The van der Waals surface area contributed by atoms with Gasteiger partial charge in [-0.2, -0.15) is 0 Å². The summed E-state index contributed by atoms with van der Waals surface area (Å²) in [5.74, 6) is 0. The lowest BCUT2D eigenvalue weighted by Crippen LogP contribution is -2.15. The third-order valence-electron chi connectivity index (χ3n) is 13.7. The van der Waals surface area contributed by atoms with Crippen LogP contribution < -0.4 is 4.90 Å². The zero-order chi connectivity index (χ0) is 43.5. The van der Waals surface area contributed by atoms with Crippen molar-refractivity contribution < 1.29 is 4.42 Å². The van der Waals surface area contributed by atoms with Gasteiger partial charge in [0.15, 0.2) is 0 Å². The minimum Gasteiger partial charge on any atom is -0.455 e. The molecule has 0 fully saturated rings. The van der Waals surface area contributed by atoms with Gasteiger partial charge in [-0.15, -0.1) is 0 Å². The van der Waals surface area contributed by atoms with Gasteiger partial charge in [-0.25, -0.2) is 0 Å². The quantitative estimate of drug-likeness (QED) is 0.152. The number of furan rings is 1. The fourth-order valence-corrected chi connectivity index (χ4v) is 10.4. The lowest BCUT2D eigenvalue weighted by atomic mass is 9.80. The molecule has 0 aliphatic heterocycles. The molecule has 2 nitrogen and oxygen atoms in total. The van der Waals surface area contributed by atoms with Gasteiger partial charge in [-0.05, 0) is 146 Å². The summed E-state index contributed by atoms with van der Waals surface area (Å²) in [6, 6.07) is 75.4. The van der Waals surface area contributed by atoms with Crippen LogP contribution in [0.2, 0.25) is 0 Å². The Labute approximate surface area is 381 Å². The Bertz CT molecular complexity index is 3480. The maximum atomic E-state index is 6.46. The lowest BCUT2D eigenvalue weighted by molar-refractivity contribution is 0.661. The van der Waals surface area contributed by atoms with Crippen molar-refractivity contribution in [1.29, 1.82) is 0 Å². The van der Waals surface area contributed by atoms with E-state index in [-0.39, 0.29) is 5.41 Å². The van der Waals surface area contributed by atoms with Crippen molar-refractivity contribution in [1.82, 2.24) is 0 Å². The van der Waals surface area contributed by atoms with Crippen molar-refractivity contribution >= 4 is 44.6 Å². The Morgan fingerprint density at radius 2 is 1.03 bits per heavy atom. The van der Waals surface area contributed by atoms with Crippen LogP contribution in [0.4, 0.5) is 17.1 Å². The second kappa shape index (κ2) is 15.7. The first-order valence-electron chi connectivity index (χ1n) is 22.8. The number of para-hydroxylation sites is 2. The Kier molecular flexibility index (Phi) is 9.35. The van der Waals surface area contributed by atoms with Crippen LogP contribution in [0.5, 0.6) is 0 Å². The average Bonchev–Trinajstić information content (AvgIpc) is 3.86. The van der Waals surface area contributed by atoms with E-state index in [1.807, 2.05) is 12.1 Å². The molecule has 0 bridgehead atoms. The highest BCUT2D eigenvalue weighted by Gasteiger charge is 2.38. The molecular formula is C63H47NO. The van der Waals surface area contributed by atoms with Crippen molar-refractivity contribution in [3.8, 4) is 55.6 Å². The van der Waals surface area contributed by atoms with Crippen LogP contribution in [0.1, 0.15) is 43.4 Å². The lowest BCUT2D eigenvalue weighted by Gasteiger charge is -2.26. The van der Waals surface area contributed by atoms with E-state index in [1.54, 1.807) is 0 Å². The van der Waals surface area contributed by atoms with Gasteiger partial charge in [0.25, 0.3) is 0 Å². The first-order valence-corrected chi connectivity index (χ1v) is 22.8. The topological polar surface area (TPSA) is 16.4 Å². The molecule has 2 aliphatic rings. The molecule has 2 aliphatic carbocycles. The van der Waals surface area contributed by atoms with E-state index >= 15 is 0 Å². The largest absolute Gasteiger partial charge is 0.455 e. The van der Waals surface area contributed by atoms with E-state index in [2.05, 4.69) is 231 Å². The zero-order valence-corrected chi connectivity index (χ0v) is 36.6. The van der Waals surface area contributed by atoms with Crippen molar-refractivity contribution in [3.63, 3.8) is 0 Å². The first kappa shape index (κ1) is 38.7. The molecule has 9 aromatic carbocycles. The Morgan fingerprint density at radius 3 is 1.78 bits per heavy atom. The van der Waals surface area contributed by atoms with Crippen LogP contribution >= 0.6 is 0 Å². The van der Waals surface area contributed by atoms with Crippen molar-refractivity contribution in [3.05, 3.63) is 241 Å². The molecule has 0 unspecified atom stereocenters. The highest BCUT2D eigenvalue weighted by atomic mass is 16.3. The summed E-state index contributed by atoms with van der Waals surface area (Å²) >= 11 is 0. The van der Waals surface area contributed by atoms with Gasteiger partial charge in [0, 0.05) is 38.8 Å². The van der Waals surface area contributed by atoms with Crippen LogP contribution in [0.15, 0.2) is 229 Å². The van der Waals surface area contributed by atoms with Gasteiger partial charge in [0.2, 0.25) is 0 Å². The van der Waals surface area contributed by atoms with Gasteiger partial charge >= 0.3 is 0 Å². The second-order valence-corrected chi connectivity index (χ2v) is 18.0. The molecule has 1 heterocycles. The van der Waals surface area contributed by atoms with E-state index in [4.69, 9.17) is 4.42 Å². The van der Waals surface area contributed by atoms with E-state index in [9.17, 15) is 0 Å². The molecule has 12 rings (SSSR count). The molecule has 0 atom stereocenters. The maximum absolute atomic E-state index is 6.46. The fourth-order valence-electron chi connectivity index (χ4n) is 10.4. The van der Waals surface area contributed by atoms with Crippen LogP contribution in [0, 0.1) is 0 Å². The Hall–Kier alpha value is -7.94. The summed E-state index contributed by atoms with van der Waals surface area (Å²) in [6.45, 7) is 4.77. The molecule has 0 radical (unpaired) electrons. The Morgan fingerprint density at radius 1 is 0.415 bits per heavy atom. The predicted octanol–water partition coefficient (Wildman–Crippen LogP) is 17.8. The molecule has 2 heteroatoms. The number of nitrogens with zero attached hydrogens (tertiary/aromatic N) is 1. The number of allylic oxidation sites excluding steroid dienone is 4. The third-order valence-corrected chi connectivity index (χ3v) is 13.7. The van der Waals surface area contributed by atoms with Gasteiger partial charge in [-0.1, -0.05) is 178 Å². The SMILES string of the molecule is CC1(C)c2ccc(-c3cccc(N(c4ccc(C5=CCCC=C5)cc4)c4ccc(-c5cccc6c5oc5ccccc56)cc4)c3)cc2-c2c(-c3ccccc3)cc(-c3ccccc3)cc21. The highest BCUT2D eigenvalue weighted by molar-refractivity contribution is 6.09. The summed E-state index contributed by atoms with van der Waals surface area (Å²) in [5, 5.41) is 2.27.